The van der Waals surface area contributed by atoms with Crippen LogP contribution in [0.15, 0.2) is 17.0 Å². The molecule has 1 atom stereocenters. The lowest BCUT2D eigenvalue weighted by Crippen LogP contribution is -2.42. The summed E-state index contributed by atoms with van der Waals surface area (Å²) in [5.74, 6) is -2.25. The Labute approximate surface area is 157 Å². The number of esters is 1. The van der Waals surface area contributed by atoms with Gasteiger partial charge in [0.15, 0.2) is 5.75 Å². The van der Waals surface area contributed by atoms with Gasteiger partial charge in [0.05, 0.1) is 23.5 Å². The van der Waals surface area contributed by atoms with E-state index in [2.05, 4.69) is 0 Å². The molecule has 10 nitrogen and oxygen atoms in total. The highest BCUT2D eigenvalue weighted by Gasteiger charge is 2.41. The second-order valence-electron chi connectivity index (χ2n) is 5.33. The van der Waals surface area contributed by atoms with Gasteiger partial charge < -0.3 is 14.6 Å². The van der Waals surface area contributed by atoms with Gasteiger partial charge in [0.1, 0.15) is 6.04 Å². The van der Waals surface area contributed by atoms with Crippen molar-refractivity contribution >= 4 is 40.6 Å². The molecule has 0 aromatic heterocycles. The number of aromatic hydroxyl groups is 1. The summed E-state index contributed by atoms with van der Waals surface area (Å²) >= 11 is 0.590. The van der Waals surface area contributed by atoms with Crippen LogP contribution in [0.25, 0.3) is 6.08 Å². The number of carbonyl (C=O) groups is 3. The van der Waals surface area contributed by atoms with Crippen molar-refractivity contribution in [2.45, 2.75) is 19.9 Å². The molecule has 1 aliphatic heterocycles. The minimum absolute atomic E-state index is 0.0295. The number of imide groups is 1. The Hall–Kier alpha value is -3.08. The van der Waals surface area contributed by atoms with Gasteiger partial charge in [-0.05, 0) is 43.3 Å². The zero-order chi connectivity index (χ0) is 20.3. The Balaban J connectivity index is 2.39. The molecular formula is C16H16N2O8S. The van der Waals surface area contributed by atoms with Crippen LogP contribution in [0.4, 0.5) is 10.5 Å². The number of benzene rings is 1. The Morgan fingerprint density at radius 1 is 1.44 bits per heavy atom. The SMILES string of the molecule is CCOC(=O)C(C)N1C(=O)S/C(=C\c2cc(OC)c(O)c([N+](=O)[O-])c2)C1=O. The van der Waals surface area contributed by atoms with E-state index in [1.807, 2.05) is 0 Å². The van der Waals surface area contributed by atoms with Gasteiger partial charge in [0.2, 0.25) is 5.75 Å². The second kappa shape index (κ2) is 8.08. The summed E-state index contributed by atoms with van der Waals surface area (Å²) in [7, 11) is 1.22. The van der Waals surface area contributed by atoms with Crippen molar-refractivity contribution in [1.82, 2.24) is 4.90 Å². The molecule has 1 aromatic carbocycles. The fourth-order valence-electron chi connectivity index (χ4n) is 2.33. The summed E-state index contributed by atoms with van der Waals surface area (Å²) in [6.45, 7) is 3.07. The Morgan fingerprint density at radius 3 is 2.67 bits per heavy atom. The number of ether oxygens (including phenoxy) is 2. The molecule has 0 saturated carbocycles. The predicted molar refractivity (Wildman–Crippen MR) is 95.2 cm³/mol. The van der Waals surface area contributed by atoms with E-state index >= 15 is 0 Å². The van der Waals surface area contributed by atoms with Crippen molar-refractivity contribution in [1.29, 1.82) is 0 Å². The van der Waals surface area contributed by atoms with Gasteiger partial charge in [0, 0.05) is 6.07 Å². The first-order valence-electron chi connectivity index (χ1n) is 7.70. The molecule has 1 fully saturated rings. The first-order chi connectivity index (χ1) is 12.7. The fraction of sp³-hybridized carbons (Fsp3) is 0.312. The molecule has 0 aliphatic carbocycles. The maximum Gasteiger partial charge on any atom is 0.329 e. The summed E-state index contributed by atoms with van der Waals surface area (Å²) < 4.78 is 9.71. The van der Waals surface area contributed by atoms with E-state index in [-0.39, 0.29) is 22.8 Å². The minimum Gasteiger partial charge on any atom is -0.500 e. The van der Waals surface area contributed by atoms with Gasteiger partial charge in [-0.1, -0.05) is 0 Å². The van der Waals surface area contributed by atoms with Crippen LogP contribution in [0, 0.1) is 10.1 Å². The number of phenols is 1. The highest BCUT2D eigenvalue weighted by Crippen LogP contribution is 2.39. The maximum absolute atomic E-state index is 12.5. The Morgan fingerprint density at radius 2 is 2.11 bits per heavy atom. The average molecular weight is 396 g/mol. The number of amides is 2. The number of nitro groups is 1. The third-order valence-corrected chi connectivity index (χ3v) is 4.51. The Kier molecular flexibility index (Phi) is 6.05. The lowest BCUT2D eigenvalue weighted by molar-refractivity contribution is -0.386. The van der Waals surface area contributed by atoms with Gasteiger partial charge in [-0.3, -0.25) is 24.6 Å². The quantitative estimate of drug-likeness (QED) is 0.332. The lowest BCUT2D eigenvalue weighted by atomic mass is 10.1. The number of methoxy groups -OCH3 is 1. The first-order valence-corrected chi connectivity index (χ1v) is 8.52. The number of thioether (sulfide) groups is 1. The molecule has 1 saturated heterocycles. The van der Waals surface area contributed by atoms with Crippen LogP contribution in [0.3, 0.4) is 0 Å². The van der Waals surface area contributed by atoms with E-state index < -0.39 is 39.5 Å². The molecule has 144 valence electrons. The molecule has 2 amide bonds. The van der Waals surface area contributed by atoms with Gasteiger partial charge in [-0.25, -0.2) is 4.79 Å². The largest absolute Gasteiger partial charge is 0.500 e. The van der Waals surface area contributed by atoms with E-state index in [1.165, 1.54) is 26.2 Å². The zero-order valence-electron chi connectivity index (χ0n) is 14.6. The standard InChI is InChI=1S/C16H16N2O8S/c1-4-26-15(21)8(2)17-14(20)12(27-16(17)22)7-9-5-10(18(23)24)13(19)11(6-9)25-3/h5-8,19H,4H2,1-3H3/b12-7-. The molecule has 2 rings (SSSR count). The number of nitro benzene ring substituents is 1. The third kappa shape index (κ3) is 4.03. The van der Waals surface area contributed by atoms with Crippen LogP contribution in [-0.2, 0) is 14.3 Å². The number of hydrogen-bond acceptors (Lipinski definition) is 9. The number of rotatable bonds is 6. The Bertz CT molecular complexity index is 851. The van der Waals surface area contributed by atoms with Crippen molar-refractivity contribution in [3.63, 3.8) is 0 Å². The van der Waals surface area contributed by atoms with E-state index in [4.69, 9.17) is 9.47 Å². The van der Waals surface area contributed by atoms with Crippen LogP contribution >= 0.6 is 11.8 Å². The molecule has 1 aromatic rings. The van der Waals surface area contributed by atoms with E-state index in [9.17, 15) is 29.6 Å². The molecule has 0 bridgehead atoms. The lowest BCUT2D eigenvalue weighted by Gasteiger charge is -2.19. The van der Waals surface area contributed by atoms with Crippen molar-refractivity contribution < 1.29 is 33.9 Å². The molecule has 1 N–H and O–H groups in total. The van der Waals surface area contributed by atoms with Crippen LogP contribution in [0.2, 0.25) is 0 Å². The second-order valence-corrected chi connectivity index (χ2v) is 6.32. The molecule has 1 aliphatic rings. The topological polar surface area (TPSA) is 136 Å². The number of hydrogen-bond donors (Lipinski definition) is 1. The summed E-state index contributed by atoms with van der Waals surface area (Å²) in [6.07, 6.45) is 1.25. The molecular weight excluding hydrogens is 380 g/mol. The average Bonchev–Trinajstić information content (AvgIpc) is 2.89. The number of nitrogens with zero attached hydrogens (tertiary/aromatic N) is 2. The minimum atomic E-state index is -1.10. The van der Waals surface area contributed by atoms with Crippen LogP contribution in [0.5, 0.6) is 11.5 Å². The highest BCUT2D eigenvalue weighted by molar-refractivity contribution is 8.18. The van der Waals surface area contributed by atoms with Gasteiger partial charge in [-0.15, -0.1) is 0 Å². The van der Waals surface area contributed by atoms with Gasteiger partial charge in [-0.2, -0.15) is 0 Å². The highest BCUT2D eigenvalue weighted by atomic mass is 32.2. The van der Waals surface area contributed by atoms with Gasteiger partial charge >= 0.3 is 11.7 Å². The van der Waals surface area contributed by atoms with Crippen LogP contribution in [0.1, 0.15) is 19.4 Å². The molecule has 0 spiro atoms. The summed E-state index contributed by atoms with van der Waals surface area (Å²) in [4.78, 5) is 47.4. The molecule has 0 radical (unpaired) electrons. The van der Waals surface area contributed by atoms with Crippen LogP contribution < -0.4 is 4.74 Å². The number of carbonyl (C=O) groups excluding carboxylic acids is 3. The smallest absolute Gasteiger partial charge is 0.329 e. The summed E-state index contributed by atoms with van der Waals surface area (Å²) in [5.41, 5.74) is -0.439. The van der Waals surface area contributed by atoms with Crippen LogP contribution in [-0.4, -0.2) is 51.8 Å². The molecule has 1 unspecified atom stereocenters. The maximum atomic E-state index is 12.5. The van der Waals surface area contributed by atoms with Gasteiger partial charge in [0.25, 0.3) is 11.1 Å². The summed E-state index contributed by atoms with van der Waals surface area (Å²) in [5, 5.41) is 20.2. The van der Waals surface area contributed by atoms with E-state index in [1.54, 1.807) is 6.92 Å². The van der Waals surface area contributed by atoms with Crippen molar-refractivity contribution in [3.8, 4) is 11.5 Å². The van der Waals surface area contributed by atoms with Crippen molar-refractivity contribution in [2.24, 2.45) is 0 Å². The number of phenolic OH excluding ortho intramolecular Hbond substituents is 1. The normalized spacial score (nSPS) is 16.6. The predicted octanol–water partition coefficient (Wildman–Crippen LogP) is 2.30. The summed E-state index contributed by atoms with van der Waals surface area (Å²) in [6, 6.07) is 1.22. The first kappa shape index (κ1) is 20.2. The molecule has 1 heterocycles. The molecule has 11 heteroatoms. The van der Waals surface area contributed by atoms with Crippen molar-refractivity contribution in [3.05, 3.63) is 32.7 Å². The fourth-order valence-corrected chi connectivity index (χ4v) is 3.23. The zero-order valence-corrected chi connectivity index (χ0v) is 15.4. The third-order valence-electron chi connectivity index (χ3n) is 3.63. The van der Waals surface area contributed by atoms with E-state index in [0.717, 1.165) is 11.0 Å². The monoisotopic (exact) mass is 396 g/mol. The van der Waals surface area contributed by atoms with Crippen molar-refractivity contribution in [2.75, 3.05) is 13.7 Å². The van der Waals surface area contributed by atoms with E-state index in [0.29, 0.717) is 11.8 Å². The molecule has 27 heavy (non-hydrogen) atoms.